The molecule has 3 aromatic rings. The molecule has 6 nitrogen and oxygen atoms in total. The van der Waals surface area contributed by atoms with Gasteiger partial charge in [-0.05, 0) is 42.5 Å². The van der Waals surface area contributed by atoms with Gasteiger partial charge in [-0.3, -0.25) is 0 Å². The van der Waals surface area contributed by atoms with Crippen molar-refractivity contribution >= 4 is 22.2 Å². The number of tetrazole rings is 1. The fourth-order valence-corrected chi connectivity index (χ4v) is 3.05. The molecule has 1 aliphatic rings. The first-order chi connectivity index (χ1) is 10.9. The van der Waals surface area contributed by atoms with E-state index < -0.39 is 0 Å². The van der Waals surface area contributed by atoms with E-state index in [9.17, 15) is 0 Å². The van der Waals surface area contributed by atoms with Gasteiger partial charge in [0.25, 0.3) is 0 Å². The van der Waals surface area contributed by atoms with Crippen molar-refractivity contribution in [3.05, 3.63) is 35.9 Å². The van der Waals surface area contributed by atoms with Crippen molar-refractivity contribution in [3.63, 3.8) is 0 Å². The monoisotopic (exact) mass is 294 g/mol. The molecule has 2 aromatic heterocycles. The smallest absolute Gasteiger partial charge is 0.207 e. The van der Waals surface area contributed by atoms with Gasteiger partial charge in [-0.15, -0.1) is 14.8 Å². The first-order valence-corrected chi connectivity index (χ1v) is 7.81. The van der Waals surface area contributed by atoms with Crippen LogP contribution in [0.4, 0.5) is 5.82 Å². The highest BCUT2D eigenvalue weighted by Crippen LogP contribution is 2.24. The Kier molecular flexibility index (Phi) is 3.42. The van der Waals surface area contributed by atoms with E-state index >= 15 is 0 Å². The van der Waals surface area contributed by atoms with Gasteiger partial charge in [0.05, 0.1) is 0 Å². The van der Waals surface area contributed by atoms with Crippen LogP contribution in [-0.2, 0) is 0 Å². The molecule has 0 saturated heterocycles. The van der Waals surface area contributed by atoms with E-state index in [1.165, 1.54) is 30.3 Å². The van der Waals surface area contributed by atoms with E-state index in [0.29, 0.717) is 5.65 Å². The summed E-state index contributed by atoms with van der Waals surface area (Å²) in [4.78, 5) is 0. The summed E-state index contributed by atoms with van der Waals surface area (Å²) in [5, 5.41) is 21.7. The maximum Gasteiger partial charge on any atom is 0.207 e. The van der Waals surface area contributed by atoms with Crippen molar-refractivity contribution in [2.75, 3.05) is 11.9 Å². The number of anilines is 1. The highest BCUT2D eigenvalue weighted by atomic mass is 15.6. The fourth-order valence-electron chi connectivity index (χ4n) is 3.05. The molecule has 0 spiro atoms. The van der Waals surface area contributed by atoms with Crippen molar-refractivity contribution in [2.45, 2.75) is 32.1 Å². The Labute approximate surface area is 128 Å². The third-order valence-electron chi connectivity index (χ3n) is 4.20. The van der Waals surface area contributed by atoms with Crippen LogP contribution in [0.1, 0.15) is 32.1 Å². The Bertz CT molecular complexity index is 835. The van der Waals surface area contributed by atoms with Crippen LogP contribution < -0.4 is 5.32 Å². The molecule has 22 heavy (non-hydrogen) atoms. The van der Waals surface area contributed by atoms with Crippen molar-refractivity contribution in [3.8, 4) is 0 Å². The van der Waals surface area contributed by atoms with Crippen molar-refractivity contribution in [1.82, 2.24) is 25.3 Å². The van der Waals surface area contributed by atoms with Gasteiger partial charge in [0.15, 0.2) is 5.82 Å². The van der Waals surface area contributed by atoms with E-state index in [-0.39, 0.29) is 0 Å². The summed E-state index contributed by atoms with van der Waals surface area (Å²) in [7, 11) is 0. The fraction of sp³-hybridized carbons (Fsp3) is 0.375. The van der Waals surface area contributed by atoms with Crippen LogP contribution >= 0.6 is 0 Å². The predicted molar refractivity (Wildman–Crippen MR) is 85.7 cm³/mol. The third-order valence-corrected chi connectivity index (χ3v) is 4.20. The molecule has 0 radical (unpaired) electrons. The summed E-state index contributed by atoms with van der Waals surface area (Å²) in [6.07, 6.45) is 8.59. The second-order valence-electron chi connectivity index (χ2n) is 5.67. The summed E-state index contributed by atoms with van der Waals surface area (Å²) in [6.45, 7) is 0.885. The van der Waals surface area contributed by atoms with Gasteiger partial charge in [-0.1, -0.05) is 35.9 Å². The van der Waals surface area contributed by atoms with Gasteiger partial charge < -0.3 is 5.32 Å². The van der Waals surface area contributed by atoms with Gasteiger partial charge in [-0.2, -0.15) is 0 Å². The molecule has 4 rings (SSSR count). The molecule has 112 valence electrons. The minimum absolute atomic E-state index is 0.691. The predicted octanol–water partition coefficient (Wildman–Crippen LogP) is 2.97. The first-order valence-electron chi connectivity index (χ1n) is 7.81. The van der Waals surface area contributed by atoms with E-state index in [1.807, 2.05) is 18.2 Å². The quantitative estimate of drug-likeness (QED) is 0.749. The first kappa shape index (κ1) is 13.2. The number of fused-ring (bicyclic) bond motifs is 3. The minimum Gasteiger partial charge on any atom is -0.368 e. The van der Waals surface area contributed by atoms with Gasteiger partial charge in [0.1, 0.15) is 0 Å². The zero-order valence-electron chi connectivity index (χ0n) is 12.4. The Morgan fingerprint density at radius 3 is 2.91 bits per heavy atom. The standard InChI is InChI=1S/C16H18N6/c1-2-6-12(7-3-1)10-11-17-15-13-8-4-5-9-14(13)16-18-20-21-22(16)19-15/h4-6,8-9H,1-3,7,10-11H2,(H,17,19). The van der Waals surface area contributed by atoms with Crippen LogP contribution in [0.15, 0.2) is 35.9 Å². The van der Waals surface area contributed by atoms with Crippen molar-refractivity contribution in [1.29, 1.82) is 0 Å². The van der Waals surface area contributed by atoms with E-state index in [1.54, 1.807) is 5.57 Å². The molecule has 0 aliphatic heterocycles. The Hall–Kier alpha value is -2.50. The number of nitrogens with zero attached hydrogens (tertiary/aromatic N) is 5. The Balaban J connectivity index is 1.61. The number of allylic oxidation sites excluding steroid dienone is 1. The molecule has 0 atom stereocenters. The summed E-state index contributed by atoms with van der Waals surface area (Å²) >= 11 is 0. The molecule has 1 aliphatic carbocycles. The highest BCUT2D eigenvalue weighted by molar-refractivity contribution is 5.99. The largest absolute Gasteiger partial charge is 0.368 e. The van der Waals surface area contributed by atoms with Crippen LogP contribution in [0.3, 0.4) is 0 Å². The normalized spacial score (nSPS) is 15.2. The average Bonchev–Trinajstić information content (AvgIpc) is 3.04. The maximum atomic E-state index is 4.50. The zero-order chi connectivity index (χ0) is 14.8. The second kappa shape index (κ2) is 5.71. The molecule has 2 heterocycles. The maximum absolute atomic E-state index is 4.50. The third kappa shape index (κ3) is 2.41. The van der Waals surface area contributed by atoms with Crippen LogP contribution in [0.2, 0.25) is 0 Å². The summed E-state index contributed by atoms with van der Waals surface area (Å²) in [5.41, 5.74) is 2.25. The van der Waals surface area contributed by atoms with E-state index in [4.69, 9.17) is 0 Å². The lowest BCUT2D eigenvalue weighted by Crippen LogP contribution is -2.09. The molecule has 1 N–H and O–H groups in total. The minimum atomic E-state index is 0.691. The van der Waals surface area contributed by atoms with Gasteiger partial charge in [-0.25, -0.2) is 0 Å². The topological polar surface area (TPSA) is 68.0 Å². The summed E-state index contributed by atoms with van der Waals surface area (Å²) in [6, 6.07) is 8.09. The summed E-state index contributed by atoms with van der Waals surface area (Å²) < 4.78 is 1.49. The highest BCUT2D eigenvalue weighted by Gasteiger charge is 2.10. The van der Waals surface area contributed by atoms with Gasteiger partial charge in [0, 0.05) is 17.3 Å². The molecule has 6 heteroatoms. The lowest BCUT2D eigenvalue weighted by atomic mass is 9.97. The summed E-state index contributed by atoms with van der Waals surface area (Å²) in [5.74, 6) is 0.840. The van der Waals surface area contributed by atoms with Crippen LogP contribution in [0.25, 0.3) is 16.4 Å². The average molecular weight is 294 g/mol. The van der Waals surface area contributed by atoms with Gasteiger partial charge >= 0.3 is 0 Å². The van der Waals surface area contributed by atoms with E-state index in [0.717, 1.165) is 29.6 Å². The number of aromatic nitrogens is 5. The van der Waals surface area contributed by atoms with Crippen molar-refractivity contribution < 1.29 is 0 Å². The molecule has 0 amide bonds. The Morgan fingerprint density at radius 1 is 1.14 bits per heavy atom. The second-order valence-corrected chi connectivity index (χ2v) is 5.67. The molecule has 0 unspecified atom stereocenters. The van der Waals surface area contributed by atoms with E-state index in [2.05, 4.69) is 38.1 Å². The molecular formula is C16H18N6. The lowest BCUT2D eigenvalue weighted by molar-refractivity contribution is 0.678. The van der Waals surface area contributed by atoms with Crippen LogP contribution in [-0.4, -0.2) is 31.8 Å². The molecular weight excluding hydrogens is 276 g/mol. The number of hydrogen-bond donors (Lipinski definition) is 1. The lowest BCUT2D eigenvalue weighted by Gasteiger charge is -2.14. The number of nitrogens with one attached hydrogen (secondary N) is 1. The zero-order valence-corrected chi connectivity index (χ0v) is 12.4. The number of rotatable bonds is 4. The van der Waals surface area contributed by atoms with Crippen LogP contribution in [0, 0.1) is 0 Å². The molecule has 0 saturated carbocycles. The Morgan fingerprint density at radius 2 is 2.05 bits per heavy atom. The molecule has 0 fully saturated rings. The molecule has 0 bridgehead atoms. The SMILES string of the molecule is C1=C(CCNc2nn3nnnc3c3ccccc23)CCCC1. The number of benzene rings is 1. The van der Waals surface area contributed by atoms with Crippen molar-refractivity contribution in [2.24, 2.45) is 0 Å². The molecule has 1 aromatic carbocycles. The van der Waals surface area contributed by atoms with Crippen LogP contribution in [0.5, 0.6) is 0 Å². The number of hydrogen-bond acceptors (Lipinski definition) is 5. The van der Waals surface area contributed by atoms with Gasteiger partial charge in [0.2, 0.25) is 5.65 Å².